The number of nitrogens with zero attached hydrogens (tertiary/aromatic N) is 1. The number of rotatable bonds is 5. The summed E-state index contributed by atoms with van der Waals surface area (Å²) in [5, 5.41) is 1.91. The second kappa shape index (κ2) is 6.98. The molecule has 1 aromatic heterocycles. The van der Waals surface area contributed by atoms with Gasteiger partial charge in [-0.25, -0.2) is 0 Å². The molecule has 0 bridgehead atoms. The first kappa shape index (κ1) is 15.9. The molecular weight excluding hydrogens is 362 g/mol. The Kier molecular flexibility index (Phi) is 5.55. The zero-order valence-electron chi connectivity index (χ0n) is 11.4. The highest BCUT2D eigenvalue weighted by atomic mass is 79.9. The van der Waals surface area contributed by atoms with E-state index < -0.39 is 0 Å². The van der Waals surface area contributed by atoms with Crippen LogP contribution in [0.4, 0.5) is 0 Å². The SMILES string of the molecule is C[S+](C)CCOCn1cc(Cl)c2cc(Br)ccc2c1=O. The van der Waals surface area contributed by atoms with Crippen LogP contribution in [-0.2, 0) is 22.4 Å². The first-order valence-corrected chi connectivity index (χ1v) is 9.47. The first-order valence-electron chi connectivity index (χ1n) is 6.09. The van der Waals surface area contributed by atoms with Crippen LogP contribution in [0.15, 0.2) is 33.7 Å². The number of pyridine rings is 1. The molecular formula is C14H16BrClNO2S+. The Bertz CT molecular complexity index is 672. The fraction of sp³-hybridized carbons (Fsp3) is 0.357. The van der Waals surface area contributed by atoms with Crippen LogP contribution in [0.25, 0.3) is 10.8 Å². The molecule has 0 aliphatic rings. The van der Waals surface area contributed by atoms with Crippen molar-refractivity contribution in [2.75, 3.05) is 24.9 Å². The highest BCUT2D eigenvalue weighted by Gasteiger charge is 2.08. The Labute approximate surface area is 134 Å². The predicted octanol–water partition coefficient (Wildman–Crippen LogP) is 3.27. The van der Waals surface area contributed by atoms with Gasteiger partial charge in [0.15, 0.2) is 0 Å². The molecule has 3 nitrogen and oxygen atoms in total. The van der Waals surface area contributed by atoms with E-state index in [9.17, 15) is 4.79 Å². The average molecular weight is 378 g/mol. The van der Waals surface area contributed by atoms with E-state index in [0.29, 0.717) is 27.9 Å². The third kappa shape index (κ3) is 3.79. The van der Waals surface area contributed by atoms with Gasteiger partial charge in [0.05, 0.1) is 24.1 Å². The van der Waals surface area contributed by atoms with Gasteiger partial charge in [-0.2, -0.15) is 0 Å². The maximum atomic E-state index is 12.3. The van der Waals surface area contributed by atoms with Crippen molar-refractivity contribution >= 4 is 49.2 Å². The lowest BCUT2D eigenvalue weighted by molar-refractivity contribution is 0.0876. The Hall–Kier alpha value is -0.490. The van der Waals surface area contributed by atoms with Crippen molar-refractivity contribution in [3.05, 3.63) is 44.2 Å². The van der Waals surface area contributed by atoms with Crippen LogP contribution in [-0.4, -0.2) is 29.4 Å². The summed E-state index contributed by atoms with van der Waals surface area (Å²) in [5.74, 6) is 1.00. The van der Waals surface area contributed by atoms with E-state index in [-0.39, 0.29) is 12.3 Å². The van der Waals surface area contributed by atoms with Crippen LogP contribution in [0.3, 0.4) is 0 Å². The van der Waals surface area contributed by atoms with Crippen LogP contribution >= 0.6 is 27.5 Å². The van der Waals surface area contributed by atoms with Gasteiger partial charge < -0.3 is 4.74 Å². The molecule has 0 radical (unpaired) electrons. The van der Waals surface area contributed by atoms with E-state index >= 15 is 0 Å². The van der Waals surface area contributed by atoms with E-state index in [1.807, 2.05) is 12.1 Å². The van der Waals surface area contributed by atoms with Gasteiger partial charge in [-0.1, -0.05) is 27.5 Å². The van der Waals surface area contributed by atoms with Crippen LogP contribution in [0.2, 0.25) is 5.02 Å². The minimum atomic E-state index is -0.0797. The largest absolute Gasteiger partial charge is 0.356 e. The lowest BCUT2D eigenvalue weighted by atomic mass is 10.2. The number of fused-ring (bicyclic) bond motifs is 1. The maximum absolute atomic E-state index is 12.3. The number of benzene rings is 1. The van der Waals surface area contributed by atoms with Gasteiger partial charge in [-0.3, -0.25) is 9.36 Å². The molecule has 0 aliphatic heterocycles. The molecule has 0 atom stereocenters. The maximum Gasteiger partial charge on any atom is 0.260 e. The molecule has 2 rings (SSSR count). The van der Waals surface area contributed by atoms with Gasteiger partial charge >= 0.3 is 0 Å². The van der Waals surface area contributed by atoms with Crippen LogP contribution < -0.4 is 5.56 Å². The summed E-state index contributed by atoms with van der Waals surface area (Å²) in [6, 6.07) is 5.47. The third-order valence-corrected chi connectivity index (χ3v) is 4.64. The minimum absolute atomic E-state index is 0.0797. The van der Waals surface area contributed by atoms with E-state index in [2.05, 4.69) is 28.4 Å². The van der Waals surface area contributed by atoms with Crippen molar-refractivity contribution in [3.63, 3.8) is 0 Å². The highest BCUT2D eigenvalue weighted by molar-refractivity contribution is 9.10. The molecule has 6 heteroatoms. The van der Waals surface area contributed by atoms with Crippen molar-refractivity contribution in [1.82, 2.24) is 4.57 Å². The second-order valence-electron chi connectivity index (χ2n) is 4.67. The number of aromatic nitrogens is 1. The summed E-state index contributed by atoms with van der Waals surface area (Å²) in [7, 11) is 0.348. The smallest absolute Gasteiger partial charge is 0.260 e. The van der Waals surface area contributed by atoms with Gasteiger partial charge in [0.2, 0.25) is 0 Å². The number of hydrogen-bond donors (Lipinski definition) is 0. The average Bonchev–Trinajstić information content (AvgIpc) is 2.39. The monoisotopic (exact) mass is 376 g/mol. The summed E-state index contributed by atoms with van der Waals surface area (Å²) >= 11 is 9.62. The van der Waals surface area contributed by atoms with Gasteiger partial charge in [0.1, 0.15) is 12.5 Å². The molecule has 0 amide bonds. The van der Waals surface area contributed by atoms with E-state index in [0.717, 1.165) is 15.6 Å². The predicted molar refractivity (Wildman–Crippen MR) is 91.0 cm³/mol. The fourth-order valence-corrected chi connectivity index (χ4v) is 2.89. The van der Waals surface area contributed by atoms with Crippen molar-refractivity contribution in [1.29, 1.82) is 0 Å². The minimum Gasteiger partial charge on any atom is -0.356 e. The molecule has 1 aromatic carbocycles. The number of halogens is 2. The van der Waals surface area contributed by atoms with E-state index in [1.165, 1.54) is 4.57 Å². The van der Waals surface area contributed by atoms with E-state index in [4.69, 9.17) is 16.3 Å². The first-order chi connectivity index (χ1) is 9.49. The summed E-state index contributed by atoms with van der Waals surface area (Å²) in [6.45, 7) is 0.889. The molecule has 0 spiro atoms. The van der Waals surface area contributed by atoms with Crippen LogP contribution in [0.1, 0.15) is 0 Å². The lowest BCUT2D eigenvalue weighted by Crippen LogP contribution is -2.22. The molecule has 0 unspecified atom stereocenters. The molecule has 2 aromatic rings. The van der Waals surface area contributed by atoms with Gasteiger partial charge in [0.25, 0.3) is 5.56 Å². The zero-order valence-corrected chi connectivity index (χ0v) is 14.5. The molecule has 0 fully saturated rings. The van der Waals surface area contributed by atoms with Gasteiger partial charge in [0, 0.05) is 21.4 Å². The van der Waals surface area contributed by atoms with Crippen LogP contribution in [0, 0.1) is 0 Å². The fourth-order valence-electron chi connectivity index (χ4n) is 1.80. The summed E-state index contributed by atoms with van der Waals surface area (Å²) < 4.78 is 7.96. The quantitative estimate of drug-likeness (QED) is 0.591. The zero-order chi connectivity index (χ0) is 14.7. The number of ether oxygens (including phenoxy) is 1. The summed E-state index contributed by atoms with van der Waals surface area (Å²) in [5.41, 5.74) is -0.0797. The van der Waals surface area contributed by atoms with Crippen molar-refractivity contribution in [2.45, 2.75) is 6.73 Å². The van der Waals surface area contributed by atoms with Gasteiger partial charge in [-0.05, 0) is 29.1 Å². The Morgan fingerprint density at radius 3 is 2.80 bits per heavy atom. The van der Waals surface area contributed by atoms with Crippen molar-refractivity contribution in [3.8, 4) is 0 Å². The van der Waals surface area contributed by atoms with Crippen molar-refractivity contribution < 1.29 is 4.74 Å². The lowest BCUT2D eigenvalue weighted by Gasteiger charge is -2.09. The Morgan fingerprint density at radius 1 is 1.35 bits per heavy atom. The number of hydrogen-bond acceptors (Lipinski definition) is 2. The summed E-state index contributed by atoms with van der Waals surface area (Å²) in [6.07, 6.45) is 5.97. The Balaban J connectivity index is 2.25. The van der Waals surface area contributed by atoms with Crippen LogP contribution in [0.5, 0.6) is 0 Å². The topological polar surface area (TPSA) is 31.2 Å². The molecule has 1 heterocycles. The highest BCUT2D eigenvalue weighted by Crippen LogP contribution is 2.24. The molecule has 0 saturated carbocycles. The third-order valence-electron chi connectivity index (χ3n) is 2.87. The van der Waals surface area contributed by atoms with E-state index in [1.54, 1.807) is 12.3 Å². The van der Waals surface area contributed by atoms with Crippen molar-refractivity contribution in [2.24, 2.45) is 0 Å². The molecule has 108 valence electrons. The normalized spacial score (nSPS) is 11.4. The molecule has 0 aliphatic carbocycles. The second-order valence-corrected chi connectivity index (χ2v) is 8.37. The molecule has 0 saturated heterocycles. The molecule has 0 N–H and O–H groups in total. The molecule has 20 heavy (non-hydrogen) atoms. The standard InChI is InChI=1S/C14H16BrClNO2S/c1-20(2)6-5-19-9-17-8-13(16)12-7-10(15)3-4-11(12)14(17)18/h3-4,7-8H,5-6,9H2,1-2H3/q+1. The summed E-state index contributed by atoms with van der Waals surface area (Å²) in [4.78, 5) is 12.3. The van der Waals surface area contributed by atoms with Gasteiger partial charge in [-0.15, -0.1) is 0 Å². The Morgan fingerprint density at radius 2 is 2.10 bits per heavy atom.